The van der Waals surface area contributed by atoms with Crippen LogP contribution >= 0.6 is 0 Å². The van der Waals surface area contributed by atoms with E-state index in [-0.39, 0.29) is 6.03 Å². The molecule has 1 aliphatic heterocycles. The molecule has 0 aliphatic carbocycles. The van der Waals surface area contributed by atoms with Crippen molar-refractivity contribution in [2.75, 3.05) is 30.4 Å². The van der Waals surface area contributed by atoms with Crippen LogP contribution < -0.4 is 10.2 Å². The first kappa shape index (κ1) is 17.3. The summed E-state index contributed by atoms with van der Waals surface area (Å²) >= 11 is 0. The first-order valence-corrected chi connectivity index (χ1v) is 8.71. The highest BCUT2D eigenvalue weighted by Crippen LogP contribution is 2.19. The van der Waals surface area contributed by atoms with E-state index in [4.69, 9.17) is 0 Å². The molecular formula is C20H25N3O2. The van der Waals surface area contributed by atoms with Crippen molar-refractivity contribution < 1.29 is 9.90 Å². The third-order valence-corrected chi connectivity index (χ3v) is 4.51. The fourth-order valence-corrected chi connectivity index (χ4v) is 3.09. The van der Waals surface area contributed by atoms with E-state index in [1.54, 1.807) is 4.90 Å². The molecule has 0 saturated carbocycles. The molecule has 2 amide bonds. The van der Waals surface area contributed by atoms with Crippen molar-refractivity contribution in [1.82, 2.24) is 4.90 Å². The number of likely N-dealkylation sites (tertiary alicyclic amines) is 1. The third kappa shape index (κ3) is 4.73. The van der Waals surface area contributed by atoms with Crippen LogP contribution in [0.15, 0.2) is 54.6 Å². The standard InChI is InChI=1S/C20H25N3O2/c1-22(14-16-6-3-2-4-7-16)18-11-9-17(10-12-18)21-20(25)23-13-5-8-19(24)15-23/h2-4,6-7,9-12,19,24H,5,8,13-15H2,1H3,(H,21,25)/t19-/m1/s1. The lowest BCUT2D eigenvalue weighted by Crippen LogP contribution is -2.44. The first-order valence-electron chi connectivity index (χ1n) is 8.71. The number of hydrogen-bond donors (Lipinski definition) is 2. The van der Waals surface area contributed by atoms with E-state index in [0.29, 0.717) is 13.1 Å². The summed E-state index contributed by atoms with van der Waals surface area (Å²) in [6.45, 7) is 1.93. The van der Waals surface area contributed by atoms with Crippen LogP contribution in [0, 0.1) is 0 Å². The van der Waals surface area contributed by atoms with Crippen LogP contribution in [-0.4, -0.2) is 42.3 Å². The summed E-state index contributed by atoms with van der Waals surface area (Å²) in [4.78, 5) is 16.1. The zero-order valence-electron chi connectivity index (χ0n) is 14.6. The first-order chi connectivity index (χ1) is 12.1. The van der Waals surface area contributed by atoms with E-state index in [0.717, 1.165) is 30.8 Å². The molecule has 0 bridgehead atoms. The molecule has 25 heavy (non-hydrogen) atoms. The van der Waals surface area contributed by atoms with Gasteiger partial charge in [0.1, 0.15) is 0 Å². The molecule has 0 spiro atoms. The number of carbonyl (C=O) groups excluding carboxylic acids is 1. The van der Waals surface area contributed by atoms with Crippen molar-refractivity contribution in [2.24, 2.45) is 0 Å². The fourth-order valence-electron chi connectivity index (χ4n) is 3.09. The highest BCUT2D eigenvalue weighted by molar-refractivity contribution is 5.89. The average molecular weight is 339 g/mol. The molecule has 1 heterocycles. The largest absolute Gasteiger partial charge is 0.391 e. The molecule has 5 nitrogen and oxygen atoms in total. The second kappa shape index (κ2) is 8.03. The Bertz CT molecular complexity index is 688. The minimum Gasteiger partial charge on any atom is -0.391 e. The van der Waals surface area contributed by atoms with Crippen molar-refractivity contribution in [3.05, 3.63) is 60.2 Å². The van der Waals surface area contributed by atoms with Gasteiger partial charge in [-0.15, -0.1) is 0 Å². The van der Waals surface area contributed by atoms with Gasteiger partial charge in [-0.25, -0.2) is 4.79 Å². The van der Waals surface area contributed by atoms with Crippen LogP contribution in [0.5, 0.6) is 0 Å². The van der Waals surface area contributed by atoms with Gasteiger partial charge in [-0.2, -0.15) is 0 Å². The fraction of sp³-hybridized carbons (Fsp3) is 0.350. The quantitative estimate of drug-likeness (QED) is 0.898. The SMILES string of the molecule is CN(Cc1ccccc1)c1ccc(NC(=O)N2CCC[C@@H](O)C2)cc1. The summed E-state index contributed by atoms with van der Waals surface area (Å²) in [6, 6.07) is 18.0. The molecule has 2 N–H and O–H groups in total. The summed E-state index contributed by atoms with van der Waals surface area (Å²) < 4.78 is 0. The molecule has 1 fully saturated rings. The summed E-state index contributed by atoms with van der Waals surface area (Å²) in [5, 5.41) is 12.6. The summed E-state index contributed by atoms with van der Waals surface area (Å²) in [5.41, 5.74) is 3.11. The van der Waals surface area contributed by atoms with Crippen LogP contribution in [0.25, 0.3) is 0 Å². The molecular weight excluding hydrogens is 314 g/mol. The van der Waals surface area contributed by atoms with Crippen molar-refractivity contribution in [1.29, 1.82) is 0 Å². The molecule has 0 unspecified atom stereocenters. The van der Waals surface area contributed by atoms with Crippen LogP contribution in [0.4, 0.5) is 16.2 Å². The topological polar surface area (TPSA) is 55.8 Å². The van der Waals surface area contributed by atoms with Gasteiger partial charge in [-0.1, -0.05) is 30.3 Å². The third-order valence-electron chi connectivity index (χ3n) is 4.51. The molecule has 2 aromatic carbocycles. The Hall–Kier alpha value is -2.53. The summed E-state index contributed by atoms with van der Waals surface area (Å²) in [7, 11) is 2.05. The number of hydrogen-bond acceptors (Lipinski definition) is 3. The Morgan fingerprint density at radius 3 is 2.60 bits per heavy atom. The van der Waals surface area contributed by atoms with Gasteiger partial charge in [0.05, 0.1) is 6.10 Å². The number of aliphatic hydroxyl groups excluding tert-OH is 1. The van der Waals surface area contributed by atoms with E-state index in [2.05, 4.69) is 29.4 Å². The van der Waals surface area contributed by atoms with E-state index in [9.17, 15) is 9.90 Å². The van der Waals surface area contributed by atoms with Gasteiger partial charge in [0.15, 0.2) is 0 Å². The minimum atomic E-state index is -0.409. The number of β-amino-alcohol motifs (C(OH)–C–C–N with tert-alkyl or cyclic N) is 1. The summed E-state index contributed by atoms with van der Waals surface area (Å²) in [5.74, 6) is 0. The lowest BCUT2D eigenvalue weighted by Gasteiger charge is -2.30. The van der Waals surface area contributed by atoms with Crippen molar-refractivity contribution in [2.45, 2.75) is 25.5 Å². The number of carbonyl (C=O) groups is 1. The normalized spacial score (nSPS) is 17.2. The number of aliphatic hydroxyl groups is 1. The van der Waals surface area contributed by atoms with E-state index >= 15 is 0 Å². The molecule has 0 radical (unpaired) electrons. The number of amides is 2. The van der Waals surface area contributed by atoms with Gasteiger partial charge >= 0.3 is 6.03 Å². The highest BCUT2D eigenvalue weighted by atomic mass is 16.3. The lowest BCUT2D eigenvalue weighted by atomic mass is 10.1. The number of anilines is 2. The van der Waals surface area contributed by atoms with Gasteiger partial charge in [0.25, 0.3) is 0 Å². The second-order valence-corrected chi connectivity index (χ2v) is 6.56. The maximum absolute atomic E-state index is 12.3. The lowest BCUT2D eigenvalue weighted by molar-refractivity contribution is 0.0883. The van der Waals surface area contributed by atoms with Crippen LogP contribution in [0.2, 0.25) is 0 Å². The van der Waals surface area contributed by atoms with Gasteiger partial charge < -0.3 is 20.2 Å². The minimum absolute atomic E-state index is 0.149. The Morgan fingerprint density at radius 2 is 1.92 bits per heavy atom. The zero-order chi connectivity index (χ0) is 17.6. The predicted molar refractivity (Wildman–Crippen MR) is 101 cm³/mol. The maximum atomic E-state index is 12.3. The van der Waals surface area contributed by atoms with E-state index in [1.807, 2.05) is 42.5 Å². The van der Waals surface area contributed by atoms with Gasteiger partial charge in [0.2, 0.25) is 0 Å². The Labute approximate surface area is 148 Å². The zero-order valence-corrected chi connectivity index (χ0v) is 14.6. The molecule has 3 rings (SSSR count). The molecule has 132 valence electrons. The monoisotopic (exact) mass is 339 g/mol. The number of urea groups is 1. The second-order valence-electron chi connectivity index (χ2n) is 6.56. The highest BCUT2D eigenvalue weighted by Gasteiger charge is 2.21. The van der Waals surface area contributed by atoms with E-state index < -0.39 is 6.10 Å². The number of nitrogens with one attached hydrogen (secondary N) is 1. The maximum Gasteiger partial charge on any atom is 0.321 e. The molecule has 0 aromatic heterocycles. The number of nitrogens with zero attached hydrogens (tertiary/aromatic N) is 2. The van der Waals surface area contributed by atoms with Crippen molar-refractivity contribution in [3.8, 4) is 0 Å². The molecule has 5 heteroatoms. The smallest absolute Gasteiger partial charge is 0.321 e. The van der Waals surface area contributed by atoms with Crippen LogP contribution in [-0.2, 0) is 6.54 Å². The molecule has 1 atom stereocenters. The number of rotatable bonds is 4. The van der Waals surface area contributed by atoms with Gasteiger partial charge in [0, 0.05) is 38.1 Å². The molecule has 1 saturated heterocycles. The van der Waals surface area contributed by atoms with Gasteiger partial charge in [-0.05, 0) is 42.7 Å². The van der Waals surface area contributed by atoms with Crippen LogP contribution in [0.3, 0.4) is 0 Å². The average Bonchev–Trinajstić information content (AvgIpc) is 2.63. The Balaban J connectivity index is 1.57. The Morgan fingerprint density at radius 1 is 1.20 bits per heavy atom. The van der Waals surface area contributed by atoms with Crippen molar-refractivity contribution >= 4 is 17.4 Å². The predicted octanol–water partition coefficient (Wildman–Crippen LogP) is 3.31. The van der Waals surface area contributed by atoms with E-state index in [1.165, 1.54) is 5.56 Å². The van der Waals surface area contributed by atoms with Crippen molar-refractivity contribution in [3.63, 3.8) is 0 Å². The van der Waals surface area contributed by atoms with Gasteiger partial charge in [-0.3, -0.25) is 0 Å². The van der Waals surface area contributed by atoms with Crippen LogP contribution in [0.1, 0.15) is 18.4 Å². The summed E-state index contributed by atoms with van der Waals surface area (Å²) in [6.07, 6.45) is 1.21. The number of piperidine rings is 1. The number of benzene rings is 2. The molecule has 1 aliphatic rings. The Kier molecular flexibility index (Phi) is 5.56. The molecule has 2 aromatic rings.